The first kappa shape index (κ1) is 12.3. The highest BCUT2D eigenvalue weighted by atomic mass is 16.5. The van der Waals surface area contributed by atoms with Gasteiger partial charge in [-0.25, -0.2) is 0 Å². The van der Waals surface area contributed by atoms with Crippen molar-refractivity contribution >= 4 is 0 Å². The molecule has 2 rings (SSSR count). The lowest BCUT2D eigenvalue weighted by molar-refractivity contribution is 0.0102. The molecular formula is C13H25NO2. The smallest absolute Gasteiger partial charge is 0.0575 e. The van der Waals surface area contributed by atoms with Crippen LogP contribution in [0, 0.1) is 5.92 Å². The molecule has 2 aliphatic rings. The third kappa shape index (κ3) is 4.40. The molecule has 0 aromatic carbocycles. The first-order valence-corrected chi connectivity index (χ1v) is 6.85. The third-order valence-electron chi connectivity index (χ3n) is 3.61. The minimum atomic E-state index is 0.547. The third-order valence-corrected chi connectivity index (χ3v) is 3.61. The summed E-state index contributed by atoms with van der Waals surface area (Å²) in [5.74, 6) is 0.755. The van der Waals surface area contributed by atoms with Gasteiger partial charge in [-0.2, -0.15) is 0 Å². The van der Waals surface area contributed by atoms with Crippen LogP contribution in [0.3, 0.4) is 0 Å². The fourth-order valence-electron chi connectivity index (χ4n) is 2.54. The second kappa shape index (κ2) is 7.25. The van der Waals surface area contributed by atoms with Gasteiger partial charge in [0.05, 0.1) is 12.7 Å². The highest BCUT2D eigenvalue weighted by molar-refractivity contribution is 4.68. The van der Waals surface area contributed by atoms with Crippen LogP contribution in [0.5, 0.6) is 0 Å². The summed E-state index contributed by atoms with van der Waals surface area (Å²) in [4.78, 5) is 0. The van der Waals surface area contributed by atoms with Crippen molar-refractivity contribution in [3.63, 3.8) is 0 Å². The summed E-state index contributed by atoms with van der Waals surface area (Å²) in [5.41, 5.74) is 0. The molecule has 2 atom stereocenters. The molecule has 0 aromatic rings. The van der Waals surface area contributed by atoms with Crippen LogP contribution in [0.2, 0.25) is 0 Å². The zero-order chi connectivity index (χ0) is 11.1. The molecule has 0 radical (unpaired) electrons. The van der Waals surface area contributed by atoms with Crippen LogP contribution in [0.4, 0.5) is 0 Å². The zero-order valence-corrected chi connectivity index (χ0v) is 10.2. The van der Waals surface area contributed by atoms with E-state index in [1.165, 1.54) is 38.5 Å². The summed E-state index contributed by atoms with van der Waals surface area (Å²) in [6.07, 6.45) is 8.15. The van der Waals surface area contributed by atoms with Gasteiger partial charge in [0, 0.05) is 19.8 Å². The number of ether oxygens (including phenoxy) is 2. The Bertz CT molecular complexity index is 175. The normalized spacial score (nSPS) is 30.8. The van der Waals surface area contributed by atoms with E-state index in [0.717, 1.165) is 38.8 Å². The summed E-state index contributed by atoms with van der Waals surface area (Å²) >= 11 is 0. The summed E-state index contributed by atoms with van der Waals surface area (Å²) in [6, 6.07) is 0. The molecule has 2 aliphatic heterocycles. The van der Waals surface area contributed by atoms with E-state index in [-0.39, 0.29) is 0 Å². The van der Waals surface area contributed by atoms with Gasteiger partial charge in [0.15, 0.2) is 0 Å². The average molecular weight is 227 g/mol. The number of nitrogens with one attached hydrogen (secondary N) is 1. The van der Waals surface area contributed by atoms with Gasteiger partial charge in [-0.1, -0.05) is 0 Å². The minimum absolute atomic E-state index is 0.547. The highest BCUT2D eigenvalue weighted by Gasteiger charge is 2.15. The van der Waals surface area contributed by atoms with Crippen LogP contribution < -0.4 is 5.32 Å². The van der Waals surface area contributed by atoms with E-state index in [1.54, 1.807) is 0 Å². The van der Waals surface area contributed by atoms with E-state index in [4.69, 9.17) is 9.47 Å². The molecule has 1 N–H and O–H groups in total. The van der Waals surface area contributed by atoms with Gasteiger partial charge in [-0.15, -0.1) is 0 Å². The van der Waals surface area contributed by atoms with Crippen molar-refractivity contribution in [1.29, 1.82) is 0 Å². The highest BCUT2D eigenvalue weighted by Crippen LogP contribution is 2.16. The fourth-order valence-corrected chi connectivity index (χ4v) is 2.54. The van der Waals surface area contributed by atoms with Crippen LogP contribution >= 0.6 is 0 Å². The second-order valence-corrected chi connectivity index (χ2v) is 5.06. The molecule has 16 heavy (non-hydrogen) atoms. The molecule has 2 fully saturated rings. The van der Waals surface area contributed by atoms with Crippen molar-refractivity contribution in [2.24, 2.45) is 5.92 Å². The van der Waals surface area contributed by atoms with E-state index in [2.05, 4.69) is 5.32 Å². The quantitative estimate of drug-likeness (QED) is 0.704. The lowest BCUT2D eigenvalue weighted by Crippen LogP contribution is -2.26. The summed E-state index contributed by atoms with van der Waals surface area (Å²) in [7, 11) is 0. The van der Waals surface area contributed by atoms with Gasteiger partial charge in [0.25, 0.3) is 0 Å². The van der Waals surface area contributed by atoms with Crippen LogP contribution in [-0.4, -0.2) is 39.0 Å². The van der Waals surface area contributed by atoms with E-state index in [0.29, 0.717) is 6.10 Å². The Balaban J connectivity index is 1.42. The molecule has 0 amide bonds. The van der Waals surface area contributed by atoms with E-state index in [1.807, 2.05) is 0 Å². The predicted molar refractivity (Wildman–Crippen MR) is 64.6 cm³/mol. The standard InChI is InChI=1S/C13H25NO2/c1-2-8-16-13(4-1)5-3-7-14-10-12-6-9-15-11-12/h12-14H,1-11H2. The van der Waals surface area contributed by atoms with Crippen molar-refractivity contribution in [2.45, 2.75) is 44.6 Å². The topological polar surface area (TPSA) is 30.5 Å². The largest absolute Gasteiger partial charge is 0.381 e. The van der Waals surface area contributed by atoms with E-state index >= 15 is 0 Å². The predicted octanol–water partition coefficient (Wildman–Crippen LogP) is 1.96. The number of rotatable bonds is 6. The molecule has 0 saturated carbocycles. The molecule has 0 bridgehead atoms. The van der Waals surface area contributed by atoms with Gasteiger partial charge < -0.3 is 14.8 Å². The van der Waals surface area contributed by atoms with Gasteiger partial charge in [-0.3, -0.25) is 0 Å². The maximum atomic E-state index is 5.71. The zero-order valence-electron chi connectivity index (χ0n) is 10.2. The summed E-state index contributed by atoms with van der Waals surface area (Å²) in [6.45, 7) is 5.17. The molecule has 2 unspecified atom stereocenters. The summed E-state index contributed by atoms with van der Waals surface area (Å²) in [5, 5.41) is 3.53. The maximum absolute atomic E-state index is 5.71. The first-order valence-electron chi connectivity index (χ1n) is 6.85. The van der Waals surface area contributed by atoms with E-state index in [9.17, 15) is 0 Å². The molecule has 0 aromatic heterocycles. The van der Waals surface area contributed by atoms with Crippen molar-refractivity contribution in [2.75, 3.05) is 32.9 Å². The monoisotopic (exact) mass is 227 g/mol. The van der Waals surface area contributed by atoms with Crippen LogP contribution in [0.1, 0.15) is 38.5 Å². The van der Waals surface area contributed by atoms with Crippen molar-refractivity contribution in [3.05, 3.63) is 0 Å². The Labute approximate surface area is 98.9 Å². The number of hydrogen-bond acceptors (Lipinski definition) is 3. The Morgan fingerprint density at radius 1 is 1.12 bits per heavy atom. The average Bonchev–Trinajstić information content (AvgIpc) is 2.83. The maximum Gasteiger partial charge on any atom is 0.0575 e. The van der Waals surface area contributed by atoms with Gasteiger partial charge in [-0.05, 0) is 51.0 Å². The fraction of sp³-hybridized carbons (Fsp3) is 1.00. The Kier molecular flexibility index (Phi) is 5.59. The molecule has 2 heterocycles. The van der Waals surface area contributed by atoms with E-state index < -0.39 is 0 Å². The molecule has 0 spiro atoms. The molecule has 0 aliphatic carbocycles. The Morgan fingerprint density at radius 3 is 2.88 bits per heavy atom. The number of hydrogen-bond donors (Lipinski definition) is 1. The first-order chi connectivity index (χ1) is 7.95. The van der Waals surface area contributed by atoms with Crippen molar-refractivity contribution in [3.8, 4) is 0 Å². The molecule has 2 saturated heterocycles. The SMILES string of the molecule is C1CCC(CCCNCC2CCOC2)OC1. The minimum Gasteiger partial charge on any atom is -0.381 e. The van der Waals surface area contributed by atoms with Crippen molar-refractivity contribution in [1.82, 2.24) is 5.32 Å². The molecular weight excluding hydrogens is 202 g/mol. The Morgan fingerprint density at radius 2 is 2.12 bits per heavy atom. The van der Waals surface area contributed by atoms with Crippen molar-refractivity contribution < 1.29 is 9.47 Å². The molecule has 94 valence electrons. The molecule has 3 nitrogen and oxygen atoms in total. The van der Waals surface area contributed by atoms with Crippen LogP contribution in [0.25, 0.3) is 0 Å². The molecule has 3 heteroatoms. The lowest BCUT2D eigenvalue weighted by atomic mass is 10.0. The van der Waals surface area contributed by atoms with Gasteiger partial charge in [0.2, 0.25) is 0 Å². The Hall–Kier alpha value is -0.120. The summed E-state index contributed by atoms with van der Waals surface area (Å²) < 4.78 is 11.1. The lowest BCUT2D eigenvalue weighted by Gasteiger charge is -2.22. The van der Waals surface area contributed by atoms with Gasteiger partial charge >= 0.3 is 0 Å². The van der Waals surface area contributed by atoms with Gasteiger partial charge in [0.1, 0.15) is 0 Å². The van der Waals surface area contributed by atoms with Crippen LogP contribution in [-0.2, 0) is 9.47 Å². The van der Waals surface area contributed by atoms with Crippen LogP contribution in [0.15, 0.2) is 0 Å². The second-order valence-electron chi connectivity index (χ2n) is 5.06.